The summed E-state index contributed by atoms with van der Waals surface area (Å²) in [4.78, 5) is 17.2. The summed E-state index contributed by atoms with van der Waals surface area (Å²) in [5.74, 6) is 1.39. The number of hydrogen-bond donors (Lipinski definition) is 1. The van der Waals surface area contributed by atoms with Gasteiger partial charge in [-0.1, -0.05) is 24.3 Å². The topological polar surface area (TPSA) is 34.0 Å². The van der Waals surface area contributed by atoms with E-state index in [0.717, 1.165) is 0 Å². The van der Waals surface area contributed by atoms with Crippen molar-refractivity contribution >= 4 is 11.6 Å². The Morgan fingerprint density at radius 2 is 2.20 bits per heavy atom. The minimum absolute atomic E-state index is 0.113. The molecule has 6 aliphatic rings. The average Bonchev–Trinajstić information content (AvgIpc) is 3.10. The third-order valence-electron chi connectivity index (χ3n) is 8.40. The SMILES string of the molecule is O=C1CC2OCC=C3C[NH+]4CCC56c7ccccc7N1C5C2C3CC46. The van der Waals surface area contributed by atoms with Crippen molar-refractivity contribution in [1.29, 1.82) is 0 Å². The first-order valence-electron chi connectivity index (χ1n) is 9.86. The van der Waals surface area contributed by atoms with Crippen molar-refractivity contribution in [3.63, 3.8) is 0 Å². The Morgan fingerprint density at radius 3 is 3.16 bits per heavy atom. The first kappa shape index (κ1) is 13.5. The molecule has 7 atom stereocenters. The highest BCUT2D eigenvalue weighted by Crippen LogP contribution is 2.62. The van der Waals surface area contributed by atoms with Crippen LogP contribution in [0.25, 0.3) is 0 Å². The van der Waals surface area contributed by atoms with Gasteiger partial charge in [0.2, 0.25) is 5.91 Å². The molecular formula is C21H23N2O2+. The molecule has 1 aliphatic carbocycles. The molecule has 7 rings (SSSR count). The van der Waals surface area contributed by atoms with Gasteiger partial charge in [-0.25, -0.2) is 0 Å². The number of fused-ring (bicyclic) bond motifs is 2. The molecule has 1 aromatic rings. The molecule has 4 nitrogen and oxygen atoms in total. The van der Waals surface area contributed by atoms with Gasteiger partial charge in [-0.15, -0.1) is 0 Å². The Kier molecular flexibility index (Phi) is 2.27. The molecule has 1 saturated carbocycles. The molecule has 1 N–H and O–H groups in total. The molecule has 0 radical (unpaired) electrons. The second kappa shape index (κ2) is 4.18. The molecule has 3 saturated heterocycles. The summed E-state index contributed by atoms with van der Waals surface area (Å²) >= 11 is 0. The Bertz CT molecular complexity index is 848. The molecule has 7 unspecified atom stereocenters. The number of carbonyl (C=O) groups is 1. The molecule has 0 aromatic heterocycles. The van der Waals surface area contributed by atoms with Crippen LogP contribution >= 0.6 is 0 Å². The Balaban J connectivity index is 1.55. The third-order valence-corrected chi connectivity index (χ3v) is 8.40. The summed E-state index contributed by atoms with van der Waals surface area (Å²) in [7, 11) is 0. The van der Waals surface area contributed by atoms with E-state index in [0.29, 0.717) is 36.9 Å². The first-order valence-corrected chi connectivity index (χ1v) is 9.86. The predicted octanol–water partition coefficient (Wildman–Crippen LogP) is 0.675. The lowest BCUT2D eigenvalue weighted by Crippen LogP contribution is -3.16. The molecule has 4 heteroatoms. The number of quaternary nitrogens is 1. The summed E-state index contributed by atoms with van der Waals surface area (Å²) in [6, 6.07) is 9.78. The van der Waals surface area contributed by atoms with Crippen LogP contribution in [0.2, 0.25) is 0 Å². The number of amides is 1. The fraction of sp³-hybridized carbons (Fsp3) is 0.571. The van der Waals surface area contributed by atoms with Crippen LogP contribution in [0.3, 0.4) is 0 Å². The number of anilines is 1. The number of para-hydroxylation sites is 1. The fourth-order valence-electron chi connectivity index (χ4n) is 7.73. The van der Waals surface area contributed by atoms with E-state index < -0.39 is 0 Å². The lowest BCUT2D eigenvalue weighted by atomic mass is 9.53. The van der Waals surface area contributed by atoms with E-state index in [4.69, 9.17) is 4.74 Å². The highest BCUT2D eigenvalue weighted by Gasteiger charge is 2.73. The normalized spacial score (nSPS) is 48.1. The highest BCUT2D eigenvalue weighted by atomic mass is 16.5. The smallest absolute Gasteiger partial charge is 0.229 e. The van der Waals surface area contributed by atoms with Crippen LogP contribution in [0, 0.1) is 11.8 Å². The molecule has 1 aromatic carbocycles. The van der Waals surface area contributed by atoms with Crippen molar-refractivity contribution in [2.45, 2.75) is 42.9 Å². The largest absolute Gasteiger partial charge is 0.373 e. The van der Waals surface area contributed by atoms with Gasteiger partial charge in [-0.2, -0.15) is 0 Å². The minimum Gasteiger partial charge on any atom is -0.373 e. The molecule has 5 aliphatic heterocycles. The van der Waals surface area contributed by atoms with E-state index in [2.05, 4.69) is 35.2 Å². The highest BCUT2D eigenvalue weighted by molar-refractivity contribution is 5.99. The van der Waals surface area contributed by atoms with E-state index in [9.17, 15) is 4.79 Å². The summed E-state index contributed by atoms with van der Waals surface area (Å²) in [6.07, 6.45) is 5.54. The van der Waals surface area contributed by atoms with Crippen LogP contribution in [-0.2, 0) is 14.9 Å². The molecular weight excluding hydrogens is 312 g/mol. The Morgan fingerprint density at radius 1 is 1.28 bits per heavy atom. The van der Waals surface area contributed by atoms with Crippen molar-refractivity contribution in [3.05, 3.63) is 41.5 Å². The number of rotatable bonds is 0. The number of piperidine rings is 2. The third kappa shape index (κ3) is 1.33. The van der Waals surface area contributed by atoms with E-state index in [1.807, 2.05) is 0 Å². The summed E-state index contributed by atoms with van der Waals surface area (Å²) in [5, 5.41) is 0. The molecule has 1 amide bonds. The van der Waals surface area contributed by atoms with Gasteiger partial charge in [0.25, 0.3) is 0 Å². The maximum Gasteiger partial charge on any atom is 0.229 e. The summed E-state index contributed by atoms with van der Waals surface area (Å²) in [6.45, 7) is 3.15. The van der Waals surface area contributed by atoms with Gasteiger partial charge in [-0.3, -0.25) is 4.79 Å². The van der Waals surface area contributed by atoms with Crippen molar-refractivity contribution in [1.82, 2.24) is 0 Å². The van der Waals surface area contributed by atoms with Gasteiger partial charge >= 0.3 is 0 Å². The lowest BCUT2D eigenvalue weighted by molar-refractivity contribution is -0.916. The predicted molar refractivity (Wildman–Crippen MR) is 92.5 cm³/mol. The van der Waals surface area contributed by atoms with Gasteiger partial charge in [0.05, 0.1) is 43.7 Å². The Labute approximate surface area is 147 Å². The zero-order valence-corrected chi connectivity index (χ0v) is 14.3. The van der Waals surface area contributed by atoms with Crippen molar-refractivity contribution in [3.8, 4) is 0 Å². The molecule has 5 heterocycles. The number of nitrogens with zero attached hydrogens (tertiary/aromatic N) is 1. The quantitative estimate of drug-likeness (QED) is 0.708. The number of nitrogens with one attached hydrogen (secondary N) is 1. The van der Waals surface area contributed by atoms with E-state index in [-0.39, 0.29) is 17.4 Å². The van der Waals surface area contributed by atoms with Gasteiger partial charge in [0.15, 0.2) is 0 Å². The van der Waals surface area contributed by atoms with Crippen LogP contribution in [0.5, 0.6) is 0 Å². The monoisotopic (exact) mass is 335 g/mol. The van der Waals surface area contributed by atoms with Crippen molar-refractivity contribution in [2.24, 2.45) is 11.8 Å². The molecule has 25 heavy (non-hydrogen) atoms. The van der Waals surface area contributed by atoms with Gasteiger partial charge in [-0.05, 0) is 23.1 Å². The maximum absolute atomic E-state index is 13.2. The second-order valence-electron chi connectivity index (χ2n) is 8.93. The molecule has 2 bridgehead atoms. The van der Waals surface area contributed by atoms with Gasteiger partial charge < -0.3 is 14.5 Å². The Hall–Kier alpha value is -1.65. The average molecular weight is 335 g/mol. The van der Waals surface area contributed by atoms with Crippen molar-refractivity contribution < 1.29 is 14.4 Å². The fourth-order valence-corrected chi connectivity index (χ4v) is 7.73. The maximum atomic E-state index is 13.2. The van der Waals surface area contributed by atoms with Gasteiger partial charge in [0, 0.05) is 24.4 Å². The van der Waals surface area contributed by atoms with E-state index >= 15 is 0 Å². The van der Waals surface area contributed by atoms with Crippen molar-refractivity contribution in [2.75, 3.05) is 24.6 Å². The zero-order chi connectivity index (χ0) is 16.3. The number of ether oxygens (including phenoxy) is 1. The van der Waals surface area contributed by atoms with Crippen LogP contribution in [0.15, 0.2) is 35.9 Å². The second-order valence-corrected chi connectivity index (χ2v) is 8.93. The van der Waals surface area contributed by atoms with E-state index in [1.54, 1.807) is 10.5 Å². The number of benzene rings is 1. The minimum atomic E-state index is 0.113. The van der Waals surface area contributed by atoms with Crippen LogP contribution in [0.4, 0.5) is 5.69 Å². The molecule has 1 spiro atoms. The van der Waals surface area contributed by atoms with Crippen LogP contribution < -0.4 is 9.80 Å². The van der Waals surface area contributed by atoms with E-state index in [1.165, 1.54) is 37.2 Å². The zero-order valence-electron chi connectivity index (χ0n) is 14.3. The van der Waals surface area contributed by atoms with Crippen LogP contribution in [0.1, 0.15) is 24.8 Å². The lowest BCUT2D eigenvalue weighted by Gasteiger charge is -2.56. The standard InChI is InChI=1S/C21H22N2O2/c24-18-10-16-19-13-9-17-21(6-7-22(17)11-12(13)5-8-25-16)14-3-1-2-4-15(14)23(18)20(19)21/h1-5,13,16-17,19-20H,6-11H2/p+1. The summed E-state index contributed by atoms with van der Waals surface area (Å²) in [5.41, 5.74) is 4.46. The molecule has 4 fully saturated rings. The van der Waals surface area contributed by atoms with Crippen LogP contribution in [-0.4, -0.2) is 43.8 Å². The first-order chi connectivity index (χ1) is 12.3. The number of carbonyl (C=O) groups excluding carboxylic acids is 1. The molecule has 128 valence electrons. The number of hydrogen-bond acceptors (Lipinski definition) is 2. The van der Waals surface area contributed by atoms with Gasteiger partial charge in [0.1, 0.15) is 6.04 Å². The summed E-state index contributed by atoms with van der Waals surface area (Å²) < 4.78 is 6.26.